The van der Waals surface area contributed by atoms with Crippen LogP contribution >= 0.6 is 11.8 Å². The van der Waals surface area contributed by atoms with Crippen LogP contribution in [0.2, 0.25) is 0 Å². The molecule has 0 heterocycles. The molecule has 1 atom stereocenters. The van der Waals surface area contributed by atoms with Crippen LogP contribution in [0.15, 0.2) is 54.6 Å². The van der Waals surface area contributed by atoms with Crippen molar-refractivity contribution in [2.75, 3.05) is 17.6 Å². The van der Waals surface area contributed by atoms with E-state index in [0.717, 1.165) is 24.1 Å². The minimum atomic E-state index is -0.254. The molecule has 0 aromatic heterocycles. The summed E-state index contributed by atoms with van der Waals surface area (Å²) in [5, 5.41) is 5.53. The molecular weight excluding hydrogens is 344 g/mol. The molecule has 0 radical (unpaired) electrons. The van der Waals surface area contributed by atoms with Gasteiger partial charge in [0, 0.05) is 12.2 Å². The molecular formula is C21H26N2O2S. The number of anilines is 1. The second kappa shape index (κ2) is 10.7. The Morgan fingerprint density at radius 2 is 1.73 bits per heavy atom. The number of thioether (sulfide) groups is 1. The first-order valence-corrected chi connectivity index (χ1v) is 9.89. The Labute approximate surface area is 159 Å². The van der Waals surface area contributed by atoms with Crippen LogP contribution < -0.4 is 10.6 Å². The molecule has 26 heavy (non-hydrogen) atoms. The first-order chi connectivity index (χ1) is 12.5. The van der Waals surface area contributed by atoms with Gasteiger partial charge in [0.2, 0.25) is 11.8 Å². The average molecular weight is 371 g/mol. The highest BCUT2D eigenvalue weighted by Crippen LogP contribution is 2.13. The van der Waals surface area contributed by atoms with Crippen LogP contribution in [0.3, 0.4) is 0 Å². The number of amides is 2. The fourth-order valence-electron chi connectivity index (χ4n) is 2.40. The van der Waals surface area contributed by atoms with Gasteiger partial charge in [-0.25, -0.2) is 0 Å². The number of rotatable bonds is 9. The van der Waals surface area contributed by atoms with Crippen molar-refractivity contribution in [3.8, 4) is 0 Å². The monoisotopic (exact) mass is 370 g/mol. The zero-order chi connectivity index (χ0) is 18.8. The SMILES string of the molecule is Cc1ccc(NC(=O)CSC(C)C(=O)NCCCc2ccccc2)cc1. The predicted octanol–water partition coefficient (Wildman–Crippen LogP) is 3.80. The molecule has 5 heteroatoms. The third-order valence-electron chi connectivity index (χ3n) is 3.95. The largest absolute Gasteiger partial charge is 0.355 e. The molecule has 138 valence electrons. The molecule has 0 saturated carbocycles. The third kappa shape index (κ3) is 7.31. The van der Waals surface area contributed by atoms with E-state index in [0.29, 0.717) is 6.54 Å². The Kier molecular flexibility index (Phi) is 8.22. The Morgan fingerprint density at radius 1 is 1.04 bits per heavy atom. The quantitative estimate of drug-likeness (QED) is 0.660. The number of carbonyl (C=O) groups excluding carboxylic acids is 2. The van der Waals surface area contributed by atoms with Crippen molar-refractivity contribution in [3.05, 3.63) is 65.7 Å². The maximum absolute atomic E-state index is 12.1. The van der Waals surface area contributed by atoms with Crippen molar-refractivity contribution in [2.45, 2.75) is 31.9 Å². The van der Waals surface area contributed by atoms with E-state index >= 15 is 0 Å². The Hall–Kier alpha value is -2.27. The van der Waals surface area contributed by atoms with Gasteiger partial charge in [-0.15, -0.1) is 11.8 Å². The molecule has 2 aromatic carbocycles. The van der Waals surface area contributed by atoms with Crippen molar-refractivity contribution < 1.29 is 9.59 Å². The highest BCUT2D eigenvalue weighted by Gasteiger charge is 2.14. The topological polar surface area (TPSA) is 58.2 Å². The smallest absolute Gasteiger partial charge is 0.234 e. The van der Waals surface area contributed by atoms with Crippen molar-refractivity contribution in [1.29, 1.82) is 0 Å². The molecule has 2 aromatic rings. The Balaban J connectivity index is 1.61. The van der Waals surface area contributed by atoms with E-state index in [1.165, 1.54) is 17.3 Å². The highest BCUT2D eigenvalue weighted by atomic mass is 32.2. The van der Waals surface area contributed by atoms with Gasteiger partial charge in [0.1, 0.15) is 0 Å². The second-order valence-corrected chi connectivity index (χ2v) is 7.58. The normalized spacial score (nSPS) is 11.6. The fourth-order valence-corrected chi connectivity index (χ4v) is 3.11. The number of nitrogens with one attached hydrogen (secondary N) is 2. The summed E-state index contributed by atoms with van der Waals surface area (Å²) in [6.07, 6.45) is 1.85. The molecule has 0 aliphatic rings. The van der Waals surface area contributed by atoms with Crippen LogP contribution in [0.5, 0.6) is 0 Å². The van der Waals surface area contributed by atoms with E-state index in [-0.39, 0.29) is 22.8 Å². The van der Waals surface area contributed by atoms with Gasteiger partial charge in [0.25, 0.3) is 0 Å². The number of aryl methyl sites for hydroxylation is 2. The molecule has 1 unspecified atom stereocenters. The van der Waals surface area contributed by atoms with Gasteiger partial charge in [0.05, 0.1) is 11.0 Å². The lowest BCUT2D eigenvalue weighted by Crippen LogP contribution is -2.32. The number of benzene rings is 2. The summed E-state index contributed by atoms with van der Waals surface area (Å²) in [7, 11) is 0. The summed E-state index contributed by atoms with van der Waals surface area (Å²) in [6, 6.07) is 17.9. The number of hydrogen-bond donors (Lipinski definition) is 2. The van der Waals surface area contributed by atoms with Crippen LogP contribution in [-0.4, -0.2) is 29.4 Å². The molecule has 2 N–H and O–H groups in total. The minimum absolute atomic E-state index is 0.0220. The molecule has 0 spiro atoms. The molecule has 2 rings (SSSR count). The maximum atomic E-state index is 12.1. The van der Waals surface area contributed by atoms with Crippen molar-refractivity contribution in [2.24, 2.45) is 0 Å². The van der Waals surface area contributed by atoms with E-state index in [4.69, 9.17) is 0 Å². The van der Waals surface area contributed by atoms with Crippen LogP contribution in [-0.2, 0) is 16.0 Å². The average Bonchev–Trinajstić information content (AvgIpc) is 2.66. The first-order valence-electron chi connectivity index (χ1n) is 8.84. The standard InChI is InChI=1S/C21H26N2O2S/c1-16-10-12-19(13-11-16)23-20(24)15-26-17(2)21(25)22-14-6-9-18-7-4-3-5-8-18/h3-5,7-8,10-13,17H,6,9,14-15H2,1-2H3,(H,22,25)(H,23,24). The van der Waals surface area contributed by atoms with Crippen LogP contribution in [0.4, 0.5) is 5.69 Å². The lowest BCUT2D eigenvalue weighted by molar-refractivity contribution is -0.120. The van der Waals surface area contributed by atoms with Gasteiger partial charge in [-0.1, -0.05) is 48.0 Å². The van der Waals surface area contributed by atoms with Crippen molar-refractivity contribution in [3.63, 3.8) is 0 Å². The predicted molar refractivity (Wildman–Crippen MR) is 110 cm³/mol. The van der Waals surface area contributed by atoms with Crippen LogP contribution in [0.25, 0.3) is 0 Å². The molecule has 4 nitrogen and oxygen atoms in total. The van der Waals surface area contributed by atoms with Crippen molar-refractivity contribution >= 4 is 29.3 Å². The summed E-state index contributed by atoms with van der Waals surface area (Å²) in [4.78, 5) is 24.1. The van der Waals surface area contributed by atoms with Crippen LogP contribution in [0.1, 0.15) is 24.5 Å². The summed E-state index contributed by atoms with van der Waals surface area (Å²) >= 11 is 1.35. The highest BCUT2D eigenvalue weighted by molar-refractivity contribution is 8.01. The molecule has 0 bridgehead atoms. The zero-order valence-corrected chi connectivity index (χ0v) is 16.1. The molecule has 0 aliphatic carbocycles. The number of carbonyl (C=O) groups is 2. The lowest BCUT2D eigenvalue weighted by Gasteiger charge is -2.12. The Bertz CT molecular complexity index is 702. The summed E-state index contributed by atoms with van der Waals surface area (Å²) in [6.45, 7) is 4.48. The van der Waals surface area contributed by atoms with E-state index in [1.54, 1.807) is 0 Å². The van der Waals surface area contributed by atoms with E-state index in [9.17, 15) is 9.59 Å². The maximum Gasteiger partial charge on any atom is 0.234 e. The first kappa shape index (κ1) is 20.0. The summed E-state index contributed by atoms with van der Waals surface area (Å²) in [5.74, 6) is 0.140. The van der Waals surface area contributed by atoms with Gasteiger partial charge in [-0.05, 0) is 44.4 Å². The molecule has 2 amide bonds. The second-order valence-electron chi connectivity index (χ2n) is 6.25. The summed E-state index contributed by atoms with van der Waals surface area (Å²) in [5.41, 5.74) is 3.20. The summed E-state index contributed by atoms with van der Waals surface area (Å²) < 4.78 is 0. The zero-order valence-electron chi connectivity index (χ0n) is 15.3. The molecule has 0 fully saturated rings. The lowest BCUT2D eigenvalue weighted by atomic mass is 10.1. The van der Waals surface area contributed by atoms with Crippen molar-refractivity contribution in [1.82, 2.24) is 5.32 Å². The molecule has 0 saturated heterocycles. The van der Waals surface area contributed by atoms with Gasteiger partial charge in [0.15, 0.2) is 0 Å². The van der Waals surface area contributed by atoms with Gasteiger partial charge in [-0.2, -0.15) is 0 Å². The van der Waals surface area contributed by atoms with E-state index in [2.05, 4.69) is 22.8 Å². The van der Waals surface area contributed by atoms with Gasteiger partial charge in [-0.3, -0.25) is 9.59 Å². The van der Waals surface area contributed by atoms with E-state index in [1.807, 2.05) is 56.3 Å². The van der Waals surface area contributed by atoms with Gasteiger partial charge < -0.3 is 10.6 Å². The fraction of sp³-hybridized carbons (Fsp3) is 0.333. The minimum Gasteiger partial charge on any atom is -0.355 e. The third-order valence-corrected chi connectivity index (χ3v) is 5.10. The van der Waals surface area contributed by atoms with Gasteiger partial charge >= 0.3 is 0 Å². The molecule has 0 aliphatic heterocycles. The number of hydrogen-bond acceptors (Lipinski definition) is 3. The van der Waals surface area contributed by atoms with Crippen LogP contribution in [0, 0.1) is 6.92 Å². The Morgan fingerprint density at radius 3 is 2.42 bits per heavy atom. The van der Waals surface area contributed by atoms with E-state index < -0.39 is 0 Å².